The highest BCUT2D eigenvalue weighted by molar-refractivity contribution is 5.79. The van der Waals surface area contributed by atoms with Gasteiger partial charge in [0.05, 0.1) is 0 Å². The van der Waals surface area contributed by atoms with Crippen molar-refractivity contribution in [3.8, 4) is 11.4 Å². The van der Waals surface area contributed by atoms with Gasteiger partial charge in [0.1, 0.15) is 5.82 Å². The van der Waals surface area contributed by atoms with Crippen molar-refractivity contribution in [2.45, 2.75) is 45.1 Å². The Morgan fingerprint density at radius 3 is 2.69 bits per heavy atom. The minimum atomic E-state index is 0.0828. The molecule has 1 aliphatic heterocycles. The van der Waals surface area contributed by atoms with Crippen molar-refractivity contribution < 1.29 is 4.79 Å². The van der Waals surface area contributed by atoms with Crippen LogP contribution in [0, 0.1) is 5.92 Å². The molecule has 32 heavy (non-hydrogen) atoms. The lowest BCUT2D eigenvalue weighted by Gasteiger charge is -2.33. The number of hydrogen-bond donors (Lipinski definition) is 1. The lowest BCUT2D eigenvalue weighted by molar-refractivity contribution is -0.125. The second-order valence-corrected chi connectivity index (χ2v) is 8.69. The standard InChI is InChI=1S/C25H30N6O/c32-25(26-13-5-15-31-16-6-14-27-31)20-11-17-30(18-12-20)24-21-9-4-10-22(21)28-23(29-24)19-7-2-1-3-8-19/h1-3,6-8,14,16,20H,4-5,9-13,15,17-18H2,(H,26,32). The van der Waals surface area contributed by atoms with Crippen molar-refractivity contribution in [3.05, 3.63) is 60.0 Å². The number of benzene rings is 1. The highest BCUT2D eigenvalue weighted by Crippen LogP contribution is 2.33. The van der Waals surface area contributed by atoms with Crippen molar-refractivity contribution in [2.75, 3.05) is 24.5 Å². The zero-order chi connectivity index (χ0) is 21.8. The van der Waals surface area contributed by atoms with E-state index in [0.717, 1.165) is 75.4 Å². The zero-order valence-corrected chi connectivity index (χ0v) is 18.4. The normalized spacial score (nSPS) is 16.2. The Kier molecular flexibility index (Phi) is 6.14. The molecule has 7 heteroatoms. The third-order valence-corrected chi connectivity index (χ3v) is 6.53. The molecule has 3 heterocycles. The average molecular weight is 431 g/mol. The maximum Gasteiger partial charge on any atom is 0.223 e. The van der Waals surface area contributed by atoms with Gasteiger partial charge < -0.3 is 10.2 Å². The molecular weight excluding hydrogens is 400 g/mol. The molecule has 1 amide bonds. The molecule has 3 aromatic rings. The predicted octanol–water partition coefficient (Wildman–Crippen LogP) is 3.25. The van der Waals surface area contributed by atoms with E-state index in [2.05, 4.69) is 27.4 Å². The lowest BCUT2D eigenvalue weighted by Crippen LogP contribution is -2.41. The first-order valence-corrected chi connectivity index (χ1v) is 11.7. The number of aryl methyl sites for hydroxylation is 2. The molecule has 2 aliphatic rings. The van der Waals surface area contributed by atoms with Crippen LogP contribution in [0.4, 0.5) is 5.82 Å². The van der Waals surface area contributed by atoms with E-state index in [1.165, 1.54) is 11.3 Å². The van der Waals surface area contributed by atoms with E-state index in [9.17, 15) is 4.79 Å². The SMILES string of the molecule is O=C(NCCCn1cccn1)C1CCN(c2nc(-c3ccccc3)nc3c2CCC3)CC1. The summed E-state index contributed by atoms with van der Waals surface area (Å²) in [5, 5.41) is 7.32. The molecule has 5 rings (SSSR count). The summed E-state index contributed by atoms with van der Waals surface area (Å²) in [5.41, 5.74) is 3.57. The Morgan fingerprint density at radius 2 is 1.91 bits per heavy atom. The van der Waals surface area contributed by atoms with Crippen LogP contribution in [0.1, 0.15) is 36.9 Å². The van der Waals surface area contributed by atoms with Crippen molar-refractivity contribution in [1.82, 2.24) is 25.1 Å². The van der Waals surface area contributed by atoms with Crippen LogP contribution in [0.5, 0.6) is 0 Å². The fourth-order valence-corrected chi connectivity index (χ4v) is 4.77. The van der Waals surface area contributed by atoms with Gasteiger partial charge in [0.25, 0.3) is 0 Å². The van der Waals surface area contributed by atoms with Crippen molar-refractivity contribution in [1.29, 1.82) is 0 Å². The predicted molar refractivity (Wildman–Crippen MR) is 124 cm³/mol. The first kappa shape index (κ1) is 20.7. The van der Waals surface area contributed by atoms with Gasteiger partial charge in [-0.3, -0.25) is 9.48 Å². The Balaban J connectivity index is 1.20. The Bertz CT molecular complexity index is 1040. The molecule has 0 bridgehead atoms. The number of piperidine rings is 1. The molecule has 1 aromatic carbocycles. The second-order valence-electron chi connectivity index (χ2n) is 8.69. The minimum absolute atomic E-state index is 0.0828. The molecule has 7 nitrogen and oxygen atoms in total. The van der Waals surface area contributed by atoms with Crippen LogP contribution >= 0.6 is 0 Å². The summed E-state index contributed by atoms with van der Waals surface area (Å²) in [5.74, 6) is 2.17. The van der Waals surface area contributed by atoms with Crippen molar-refractivity contribution in [2.24, 2.45) is 5.92 Å². The van der Waals surface area contributed by atoms with Crippen LogP contribution in [0.2, 0.25) is 0 Å². The molecule has 0 radical (unpaired) electrons. The van der Waals surface area contributed by atoms with Gasteiger partial charge >= 0.3 is 0 Å². The molecule has 1 aliphatic carbocycles. The number of nitrogens with zero attached hydrogens (tertiary/aromatic N) is 5. The number of carbonyl (C=O) groups is 1. The summed E-state index contributed by atoms with van der Waals surface area (Å²) in [6, 6.07) is 12.1. The number of hydrogen-bond acceptors (Lipinski definition) is 5. The number of carbonyl (C=O) groups excluding carboxylic acids is 1. The molecule has 0 saturated carbocycles. The summed E-state index contributed by atoms with van der Waals surface area (Å²) in [7, 11) is 0. The van der Waals surface area contributed by atoms with Crippen LogP contribution < -0.4 is 10.2 Å². The summed E-state index contributed by atoms with van der Waals surface area (Å²) in [4.78, 5) is 24.9. The van der Waals surface area contributed by atoms with Crippen LogP contribution in [0.25, 0.3) is 11.4 Å². The quantitative estimate of drug-likeness (QED) is 0.583. The first-order chi connectivity index (χ1) is 15.8. The molecule has 0 spiro atoms. The van der Waals surface area contributed by atoms with Crippen LogP contribution in [0.3, 0.4) is 0 Å². The highest BCUT2D eigenvalue weighted by atomic mass is 16.1. The number of amides is 1. The largest absolute Gasteiger partial charge is 0.356 e. The van der Waals surface area contributed by atoms with Crippen molar-refractivity contribution >= 4 is 11.7 Å². The van der Waals surface area contributed by atoms with E-state index in [-0.39, 0.29) is 11.8 Å². The molecule has 1 fully saturated rings. The molecule has 0 atom stereocenters. The smallest absolute Gasteiger partial charge is 0.223 e. The molecule has 0 unspecified atom stereocenters. The van der Waals surface area contributed by atoms with E-state index in [1.54, 1.807) is 6.20 Å². The van der Waals surface area contributed by atoms with Crippen LogP contribution in [-0.4, -0.2) is 45.3 Å². The number of fused-ring (bicyclic) bond motifs is 1. The maximum absolute atomic E-state index is 12.7. The Hall–Kier alpha value is -3.22. The first-order valence-electron chi connectivity index (χ1n) is 11.7. The third kappa shape index (κ3) is 4.52. The number of rotatable bonds is 7. The van der Waals surface area contributed by atoms with Gasteiger partial charge in [-0.2, -0.15) is 5.10 Å². The highest BCUT2D eigenvalue weighted by Gasteiger charge is 2.29. The van der Waals surface area contributed by atoms with E-state index in [1.807, 2.05) is 35.1 Å². The number of anilines is 1. The summed E-state index contributed by atoms with van der Waals surface area (Å²) in [6.07, 6.45) is 9.58. The van der Waals surface area contributed by atoms with E-state index >= 15 is 0 Å². The minimum Gasteiger partial charge on any atom is -0.356 e. The number of aromatic nitrogens is 4. The van der Waals surface area contributed by atoms with Gasteiger partial charge in [-0.1, -0.05) is 30.3 Å². The molecule has 2 aromatic heterocycles. The monoisotopic (exact) mass is 430 g/mol. The Morgan fingerprint density at radius 1 is 1.06 bits per heavy atom. The fourth-order valence-electron chi connectivity index (χ4n) is 4.77. The van der Waals surface area contributed by atoms with Gasteiger partial charge in [0.15, 0.2) is 5.82 Å². The van der Waals surface area contributed by atoms with E-state index in [4.69, 9.17) is 9.97 Å². The topological polar surface area (TPSA) is 75.9 Å². The van der Waals surface area contributed by atoms with E-state index in [0.29, 0.717) is 6.54 Å². The molecule has 1 N–H and O–H groups in total. The third-order valence-electron chi connectivity index (χ3n) is 6.53. The van der Waals surface area contributed by atoms with Crippen LogP contribution in [-0.2, 0) is 24.2 Å². The number of nitrogens with one attached hydrogen (secondary N) is 1. The maximum atomic E-state index is 12.7. The van der Waals surface area contributed by atoms with Gasteiger partial charge in [0.2, 0.25) is 5.91 Å². The van der Waals surface area contributed by atoms with Crippen molar-refractivity contribution in [3.63, 3.8) is 0 Å². The average Bonchev–Trinajstić information content (AvgIpc) is 3.54. The second kappa shape index (κ2) is 9.51. The van der Waals surface area contributed by atoms with Gasteiger partial charge in [-0.05, 0) is 44.6 Å². The summed E-state index contributed by atoms with van der Waals surface area (Å²) < 4.78 is 1.90. The molecular formula is C25H30N6O. The van der Waals surface area contributed by atoms with Crippen LogP contribution in [0.15, 0.2) is 48.8 Å². The van der Waals surface area contributed by atoms with Gasteiger partial charge in [-0.25, -0.2) is 9.97 Å². The summed E-state index contributed by atoms with van der Waals surface area (Å²) >= 11 is 0. The zero-order valence-electron chi connectivity index (χ0n) is 18.4. The lowest BCUT2D eigenvalue weighted by atomic mass is 9.95. The fraction of sp³-hybridized carbons (Fsp3) is 0.440. The Labute approximate surface area is 188 Å². The molecule has 166 valence electrons. The summed E-state index contributed by atoms with van der Waals surface area (Å²) in [6.45, 7) is 3.25. The van der Waals surface area contributed by atoms with Gasteiger partial charge in [0, 0.05) is 61.3 Å². The van der Waals surface area contributed by atoms with Gasteiger partial charge in [-0.15, -0.1) is 0 Å². The van der Waals surface area contributed by atoms with E-state index < -0.39 is 0 Å². The molecule has 1 saturated heterocycles.